The van der Waals surface area contributed by atoms with Gasteiger partial charge in [-0.25, -0.2) is 9.98 Å². The fraction of sp³-hybridized carbons (Fsp3) is 0.0833. The summed E-state index contributed by atoms with van der Waals surface area (Å²) in [6.45, 7) is 0. The van der Waals surface area contributed by atoms with Crippen LogP contribution < -0.4 is 0 Å². The van der Waals surface area contributed by atoms with Gasteiger partial charge in [-0.1, -0.05) is 30.3 Å². The van der Waals surface area contributed by atoms with Gasteiger partial charge in [0.2, 0.25) is 0 Å². The molecular weight excluding hydrogens is 218 g/mol. The van der Waals surface area contributed by atoms with Gasteiger partial charge in [0, 0.05) is 18.0 Å². The zero-order valence-electron chi connectivity index (χ0n) is 8.87. The monoisotopic (exact) mass is 229 g/mol. The van der Waals surface area contributed by atoms with Crippen LogP contribution in [0, 0.1) is 0 Å². The predicted octanol–water partition coefficient (Wildman–Crippen LogP) is 2.92. The Morgan fingerprint density at radius 1 is 1.19 bits per heavy atom. The van der Waals surface area contributed by atoms with Crippen LogP contribution in [0.15, 0.2) is 53.9 Å². The number of thioether (sulfide) groups is 1. The van der Waals surface area contributed by atoms with Gasteiger partial charge in [-0.15, -0.1) is 11.8 Å². The van der Waals surface area contributed by atoms with E-state index in [0.29, 0.717) is 5.82 Å². The van der Waals surface area contributed by atoms with Crippen molar-refractivity contribution in [1.82, 2.24) is 9.97 Å². The minimum Gasteiger partial charge on any atom is -0.259 e. The molecule has 0 spiro atoms. The van der Waals surface area contributed by atoms with Crippen molar-refractivity contribution >= 4 is 22.6 Å². The van der Waals surface area contributed by atoms with Crippen LogP contribution in [-0.2, 0) is 0 Å². The van der Waals surface area contributed by atoms with Crippen molar-refractivity contribution in [3.05, 3.63) is 54.5 Å². The lowest BCUT2D eigenvalue weighted by molar-refractivity contribution is 1.18. The Kier molecular flexibility index (Phi) is 3.66. The lowest BCUT2D eigenvalue weighted by Crippen LogP contribution is -1.93. The van der Waals surface area contributed by atoms with Crippen molar-refractivity contribution in [2.45, 2.75) is 0 Å². The van der Waals surface area contributed by atoms with Gasteiger partial charge in [0.05, 0.1) is 6.20 Å². The van der Waals surface area contributed by atoms with Crippen LogP contribution in [-0.4, -0.2) is 21.3 Å². The highest BCUT2D eigenvalue weighted by molar-refractivity contribution is 8.13. The summed E-state index contributed by atoms with van der Waals surface area (Å²) in [6.07, 6.45) is 6.93. The van der Waals surface area contributed by atoms with Gasteiger partial charge >= 0.3 is 0 Å². The van der Waals surface area contributed by atoms with Gasteiger partial charge in [-0.2, -0.15) is 0 Å². The van der Waals surface area contributed by atoms with E-state index in [2.05, 4.69) is 15.0 Å². The van der Waals surface area contributed by atoms with E-state index in [1.165, 1.54) is 0 Å². The topological polar surface area (TPSA) is 38.1 Å². The lowest BCUT2D eigenvalue weighted by atomic mass is 10.2. The normalized spacial score (nSPS) is 11.4. The third kappa shape index (κ3) is 2.67. The van der Waals surface area contributed by atoms with Crippen LogP contribution >= 0.6 is 11.8 Å². The maximum atomic E-state index is 4.45. The van der Waals surface area contributed by atoms with Gasteiger partial charge in [0.25, 0.3) is 0 Å². The highest BCUT2D eigenvalue weighted by Crippen LogP contribution is 2.15. The molecule has 0 aliphatic carbocycles. The Morgan fingerprint density at radius 2 is 2.00 bits per heavy atom. The number of hydrogen-bond acceptors (Lipinski definition) is 4. The molecule has 1 aromatic heterocycles. The van der Waals surface area contributed by atoms with Crippen LogP contribution in [0.3, 0.4) is 0 Å². The predicted molar refractivity (Wildman–Crippen MR) is 68.2 cm³/mol. The minimum absolute atomic E-state index is 0.635. The van der Waals surface area contributed by atoms with Gasteiger partial charge in [0.15, 0.2) is 5.82 Å². The standard InChI is InChI=1S/C12H11N3S/c1-16-12(10-5-3-2-4-6-10)15-11-9-13-7-8-14-11/h2-9H,1H3. The first kappa shape index (κ1) is 10.8. The minimum atomic E-state index is 0.635. The summed E-state index contributed by atoms with van der Waals surface area (Å²) < 4.78 is 0. The van der Waals surface area contributed by atoms with Gasteiger partial charge < -0.3 is 0 Å². The highest BCUT2D eigenvalue weighted by Gasteiger charge is 2.01. The molecule has 0 bridgehead atoms. The van der Waals surface area contributed by atoms with Gasteiger partial charge in [0.1, 0.15) is 5.04 Å². The summed E-state index contributed by atoms with van der Waals surface area (Å²) in [5.41, 5.74) is 1.10. The van der Waals surface area contributed by atoms with E-state index in [0.717, 1.165) is 10.6 Å². The average Bonchev–Trinajstić information content (AvgIpc) is 2.38. The first-order valence-electron chi connectivity index (χ1n) is 4.84. The fourth-order valence-corrected chi connectivity index (χ4v) is 1.82. The maximum absolute atomic E-state index is 4.45. The molecule has 2 aromatic rings. The van der Waals surface area contributed by atoms with E-state index >= 15 is 0 Å². The van der Waals surface area contributed by atoms with E-state index in [-0.39, 0.29) is 0 Å². The van der Waals surface area contributed by atoms with Crippen molar-refractivity contribution in [1.29, 1.82) is 0 Å². The molecule has 1 heterocycles. The molecule has 0 N–H and O–H groups in total. The molecule has 16 heavy (non-hydrogen) atoms. The zero-order chi connectivity index (χ0) is 11.2. The van der Waals surface area contributed by atoms with Crippen LogP contribution in [0.25, 0.3) is 0 Å². The number of benzene rings is 1. The Labute approximate surface area is 98.7 Å². The summed E-state index contributed by atoms with van der Waals surface area (Å²) in [5.74, 6) is 0.635. The quantitative estimate of drug-likeness (QED) is 0.587. The smallest absolute Gasteiger partial charge is 0.171 e. The molecule has 0 radical (unpaired) electrons. The largest absolute Gasteiger partial charge is 0.259 e. The van der Waals surface area contributed by atoms with E-state index in [1.54, 1.807) is 30.4 Å². The molecule has 0 unspecified atom stereocenters. The van der Waals surface area contributed by atoms with Crippen molar-refractivity contribution in [3.63, 3.8) is 0 Å². The van der Waals surface area contributed by atoms with Crippen molar-refractivity contribution < 1.29 is 0 Å². The number of nitrogens with zero attached hydrogens (tertiary/aromatic N) is 3. The number of hydrogen-bond donors (Lipinski definition) is 0. The summed E-state index contributed by atoms with van der Waals surface area (Å²) in [4.78, 5) is 12.6. The zero-order valence-corrected chi connectivity index (χ0v) is 9.69. The molecule has 1 aromatic carbocycles. The molecule has 0 amide bonds. The van der Waals surface area contributed by atoms with Crippen LogP contribution in [0.4, 0.5) is 5.82 Å². The van der Waals surface area contributed by atoms with Crippen molar-refractivity contribution in [2.24, 2.45) is 4.99 Å². The highest BCUT2D eigenvalue weighted by atomic mass is 32.2. The molecule has 4 heteroatoms. The summed E-state index contributed by atoms with van der Waals surface area (Å²) in [5, 5.41) is 0.945. The Morgan fingerprint density at radius 3 is 2.62 bits per heavy atom. The second-order valence-corrected chi connectivity index (χ2v) is 3.85. The third-order valence-corrected chi connectivity index (χ3v) is 2.69. The molecule has 0 saturated carbocycles. The molecule has 0 atom stereocenters. The molecule has 2 rings (SSSR count). The summed E-state index contributed by atoms with van der Waals surface area (Å²) >= 11 is 1.60. The molecule has 80 valence electrons. The van der Waals surface area contributed by atoms with Gasteiger partial charge in [-0.05, 0) is 6.26 Å². The average molecular weight is 229 g/mol. The fourth-order valence-electron chi connectivity index (χ4n) is 1.26. The molecule has 0 fully saturated rings. The lowest BCUT2D eigenvalue weighted by Gasteiger charge is -2.02. The molecular formula is C12H11N3S. The van der Waals surface area contributed by atoms with Crippen LogP contribution in [0.5, 0.6) is 0 Å². The summed E-state index contributed by atoms with van der Waals surface area (Å²) in [7, 11) is 0. The van der Waals surface area contributed by atoms with E-state index in [9.17, 15) is 0 Å². The van der Waals surface area contributed by atoms with Crippen molar-refractivity contribution in [2.75, 3.05) is 6.26 Å². The SMILES string of the molecule is CSC(=Nc1cnccn1)c1ccccc1. The Balaban J connectivity index is 2.34. The Bertz CT molecular complexity index is 468. The van der Waals surface area contributed by atoms with Crippen LogP contribution in [0.1, 0.15) is 5.56 Å². The third-order valence-electron chi connectivity index (χ3n) is 1.98. The molecule has 0 saturated heterocycles. The molecule has 0 aliphatic rings. The number of rotatable bonds is 2. The van der Waals surface area contributed by atoms with E-state index < -0.39 is 0 Å². The maximum Gasteiger partial charge on any atom is 0.171 e. The number of aliphatic imine (C=N–C) groups is 1. The first-order valence-corrected chi connectivity index (χ1v) is 6.07. The van der Waals surface area contributed by atoms with E-state index in [4.69, 9.17) is 0 Å². The molecule has 3 nitrogen and oxygen atoms in total. The van der Waals surface area contributed by atoms with E-state index in [1.807, 2.05) is 36.6 Å². The molecule has 0 aliphatic heterocycles. The number of aromatic nitrogens is 2. The van der Waals surface area contributed by atoms with Crippen molar-refractivity contribution in [3.8, 4) is 0 Å². The second kappa shape index (κ2) is 5.42. The van der Waals surface area contributed by atoms with Gasteiger partial charge in [-0.3, -0.25) is 4.98 Å². The summed E-state index contributed by atoms with van der Waals surface area (Å²) in [6, 6.07) is 10.1. The Hall–Kier alpha value is -1.68. The van der Waals surface area contributed by atoms with Crippen LogP contribution in [0.2, 0.25) is 0 Å². The first-order chi connectivity index (χ1) is 7.90. The second-order valence-electron chi connectivity index (χ2n) is 3.05.